The highest BCUT2D eigenvalue weighted by Crippen LogP contribution is 2.20. The molecule has 0 spiro atoms. The molecule has 2 rings (SSSR count). The van der Waals surface area contributed by atoms with Crippen LogP contribution in [0.2, 0.25) is 5.15 Å². The van der Waals surface area contributed by atoms with Gasteiger partial charge in [-0.2, -0.15) is 13.5 Å². The topological polar surface area (TPSA) is 89.8 Å². The predicted octanol–water partition coefficient (Wildman–Crippen LogP) is 2.03. The van der Waals surface area contributed by atoms with E-state index in [4.69, 9.17) is 17.4 Å². The molecule has 0 amide bonds. The van der Waals surface area contributed by atoms with Crippen LogP contribution in [0.15, 0.2) is 43.9 Å². The largest absolute Gasteiger partial charge is 0.323 e. The van der Waals surface area contributed by atoms with E-state index in [9.17, 15) is 8.42 Å². The van der Waals surface area contributed by atoms with Gasteiger partial charge in [0.25, 0.3) is 10.0 Å². The van der Waals surface area contributed by atoms with Gasteiger partial charge in [0.2, 0.25) is 4.80 Å². The van der Waals surface area contributed by atoms with Gasteiger partial charge >= 0.3 is 0 Å². The molecular formula is C11H11ClN4O2S3. The maximum absolute atomic E-state index is 12.2. The lowest BCUT2D eigenvalue weighted by molar-refractivity contribution is 0.597. The molecule has 0 aliphatic carbocycles. The van der Waals surface area contributed by atoms with Gasteiger partial charge in [0, 0.05) is 6.54 Å². The van der Waals surface area contributed by atoms with Crippen molar-refractivity contribution in [1.29, 1.82) is 0 Å². The predicted molar refractivity (Wildman–Crippen MR) is 86.4 cm³/mol. The number of thiophene rings is 1. The summed E-state index contributed by atoms with van der Waals surface area (Å²) < 4.78 is 30.0. The van der Waals surface area contributed by atoms with Gasteiger partial charge in [0.05, 0.1) is 11.1 Å². The van der Waals surface area contributed by atoms with Crippen molar-refractivity contribution in [2.75, 3.05) is 0 Å². The summed E-state index contributed by atoms with van der Waals surface area (Å²) in [6, 6.07) is 3.15. The summed E-state index contributed by atoms with van der Waals surface area (Å²) in [6.07, 6.45) is 2.95. The van der Waals surface area contributed by atoms with Crippen molar-refractivity contribution in [2.45, 2.75) is 10.8 Å². The minimum atomic E-state index is -3.76. The molecule has 2 aromatic heterocycles. The standard InChI is InChI=1S/C11H11ClN4O2S3/c1-2-5-16-10(12)8(7-14-13)20-11(16)15-21(17,18)9-4-3-6-19-9/h2-4,6-7H,1,5,13H2/b14-7-,15-11?. The number of hydrogen-bond acceptors (Lipinski definition) is 6. The third-order valence-corrected chi connectivity index (χ3v) is 6.61. The molecule has 0 saturated carbocycles. The molecule has 0 unspecified atom stereocenters. The first kappa shape index (κ1) is 16.0. The summed E-state index contributed by atoms with van der Waals surface area (Å²) in [5.41, 5.74) is 0. The van der Waals surface area contributed by atoms with Crippen molar-refractivity contribution >= 4 is 50.5 Å². The highest BCUT2D eigenvalue weighted by Gasteiger charge is 2.16. The SMILES string of the molecule is C=CCn1c(Cl)c(/C=N\N)sc1=NS(=O)(=O)c1cccs1. The second-order valence-electron chi connectivity index (χ2n) is 3.72. The number of nitrogens with two attached hydrogens (primary N) is 1. The fourth-order valence-electron chi connectivity index (χ4n) is 1.47. The minimum absolute atomic E-state index is 0.172. The number of rotatable bonds is 5. The summed E-state index contributed by atoms with van der Waals surface area (Å²) in [4.78, 5) is 0.768. The Balaban J connectivity index is 2.65. The van der Waals surface area contributed by atoms with Crippen LogP contribution in [0, 0.1) is 0 Å². The van der Waals surface area contributed by atoms with Crippen LogP contribution < -0.4 is 10.6 Å². The lowest BCUT2D eigenvalue weighted by atomic mass is 10.5. The number of nitrogens with zero attached hydrogens (tertiary/aromatic N) is 3. The fraction of sp³-hybridized carbons (Fsp3) is 0.0909. The van der Waals surface area contributed by atoms with E-state index in [1.165, 1.54) is 16.8 Å². The van der Waals surface area contributed by atoms with Crippen LogP contribution in [0.4, 0.5) is 0 Å². The van der Waals surface area contributed by atoms with Crippen molar-refractivity contribution in [3.63, 3.8) is 0 Å². The average Bonchev–Trinajstić information content (AvgIpc) is 3.04. The molecule has 0 aliphatic rings. The number of aromatic nitrogens is 1. The molecule has 10 heteroatoms. The molecule has 0 radical (unpaired) electrons. The van der Waals surface area contributed by atoms with E-state index >= 15 is 0 Å². The molecular weight excluding hydrogens is 352 g/mol. The van der Waals surface area contributed by atoms with Gasteiger partial charge in [0.15, 0.2) is 0 Å². The van der Waals surface area contributed by atoms with Crippen LogP contribution in [0.5, 0.6) is 0 Å². The number of hydrazone groups is 1. The molecule has 0 aliphatic heterocycles. The molecule has 0 bridgehead atoms. The molecule has 0 fully saturated rings. The molecule has 2 heterocycles. The van der Waals surface area contributed by atoms with Crippen molar-refractivity contribution in [3.8, 4) is 0 Å². The lowest BCUT2D eigenvalue weighted by Crippen LogP contribution is -2.16. The molecule has 21 heavy (non-hydrogen) atoms. The van der Waals surface area contributed by atoms with Crippen molar-refractivity contribution < 1.29 is 8.42 Å². The van der Waals surface area contributed by atoms with Crippen LogP contribution in [0.3, 0.4) is 0 Å². The number of sulfonamides is 1. The van der Waals surface area contributed by atoms with Gasteiger partial charge in [-0.05, 0) is 11.4 Å². The van der Waals surface area contributed by atoms with E-state index in [2.05, 4.69) is 16.1 Å². The molecule has 0 aromatic carbocycles. The zero-order chi connectivity index (χ0) is 15.5. The van der Waals surface area contributed by atoms with Crippen LogP contribution in [0.25, 0.3) is 0 Å². The van der Waals surface area contributed by atoms with Gasteiger partial charge < -0.3 is 10.4 Å². The van der Waals surface area contributed by atoms with E-state index in [0.29, 0.717) is 16.6 Å². The first-order valence-corrected chi connectivity index (χ1v) is 9.09. The zero-order valence-electron chi connectivity index (χ0n) is 10.6. The second kappa shape index (κ2) is 6.56. The van der Waals surface area contributed by atoms with E-state index in [1.807, 2.05) is 0 Å². The molecule has 0 saturated heterocycles. The molecule has 6 nitrogen and oxygen atoms in total. The van der Waals surface area contributed by atoms with Crippen LogP contribution in [-0.4, -0.2) is 19.2 Å². The molecule has 2 N–H and O–H groups in total. The van der Waals surface area contributed by atoms with E-state index in [0.717, 1.165) is 22.7 Å². The monoisotopic (exact) mass is 362 g/mol. The minimum Gasteiger partial charge on any atom is -0.323 e. The van der Waals surface area contributed by atoms with Crippen LogP contribution >= 0.6 is 34.3 Å². The van der Waals surface area contributed by atoms with Crippen molar-refractivity contribution in [3.05, 3.63) is 45.0 Å². The highest BCUT2D eigenvalue weighted by molar-refractivity contribution is 7.92. The Kier molecular flexibility index (Phi) is 4.99. The smallest absolute Gasteiger partial charge is 0.294 e. The maximum Gasteiger partial charge on any atom is 0.294 e. The van der Waals surface area contributed by atoms with Gasteiger partial charge in [-0.3, -0.25) is 0 Å². The zero-order valence-corrected chi connectivity index (χ0v) is 13.8. The van der Waals surface area contributed by atoms with E-state index in [1.54, 1.807) is 17.5 Å². The first-order chi connectivity index (χ1) is 9.99. The summed E-state index contributed by atoms with van der Waals surface area (Å²) in [5.74, 6) is 5.11. The number of halogens is 1. The Morgan fingerprint density at radius 3 is 2.86 bits per heavy atom. The van der Waals surface area contributed by atoms with Crippen molar-refractivity contribution in [1.82, 2.24) is 4.57 Å². The Labute approximate surface area is 134 Å². The van der Waals surface area contributed by atoms with E-state index < -0.39 is 10.0 Å². The highest BCUT2D eigenvalue weighted by atomic mass is 35.5. The van der Waals surface area contributed by atoms with Gasteiger partial charge in [-0.1, -0.05) is 35.1 Å². The maximum atomic E-state index is 12.2. The molecule has 0 atom stereocenters. The Hall–Kier alpha value is -1.42. The van der Waals surface area contributed by atoms with Crippen molar-refractivity contribution in [2.24, 2.45) is 15.3 Å². The number of thiazole rings is 1. The lowest BCUT2D eigenvalue weighted by Gasteiger charge is -2.00. The Morgan fingerprint density at radius 1 is 1.52 bits per heavy atom. The summed E-state index contributed by atoms with van der Waals surface area (Å²) >= 11 is 8.36. The summed E-state index contributed by atoms with van der Waals surface area (Å²) in [6.45, 7) is 3.94. The van der Waals surface area contributed by atoms with Gasteiger partial charge in [-0.15, -0.1) is 22.3 Å². The fourth-order valence-corrected chi connectivity index (χ4v) is 4.92. The first-order valence-electron chi connectivity index (χ1n) is 5.57. The van der Waals surface area contributed by atoms with Gasteiger partial charge in [-0.25, -0.2) is 0 Å². The summed E-state index contributed by atoms with van der Waals surface area (Å²) in [5, 5.41) is 5.39. The molecule has 2 aromatic rings. The second-order valence-corrected chi connectivity index (χ2v) is 7.86. The number of hydrogen-bond donors (Lipinski definition) is 1. The van der Waals surface area contributed by atoms with Gasteiger partial charge in [0.1, 0.15) is 9.36 Å². The Bertz CT molecular complexity index is 831. The van der Waals surface area contributed by atoms with Crippen LogP contribution in [0.1, 0.15) is 4.88 Å². The third kappa shape index (κ3) is 3.43. The average molecular weight is 363 g/mol. The normalized spacial score (nSPS) is 13.1. The van der Waals surface area contributed by atoms with E-state index in [-0.39, 0.29) is 9.01 Å². The Morgan fingerprint density at radius 2 is 2.29 bits per heavy atom. The summed E-state index contributed by atoms with van der Waals surface area (Å²) in [7, 11) is -3.76. The quantitative estimate of drug-likeness (QED) is 0.382. The third-order valence-electron chi connectivity index (χ3n) is 2.32. The van der Waals surface area contributed by atoms with Crippen LogP contribution in [-0.2, 0) is 16.6 Å². The molecule has 112 valence electrons. The number of allylic oxidation sites excluding steroid dienone is 1.